The molecule has 1 fully saturated rings. The van der Waals surface area contributed by atoms with Crippen molar-refractivity contribution in [2.24, 2.45) is 5.92 Å². The van der Waals surface area contributed by atoms with Crippen LogP contribution in [0, 0.1) is 5.92 Å². The fraction of sp³-hybridized carbons (Fsp3) is 0.429. The molecular formula is C14H17N3. The van der Waals surface area contributed by atoms with Gasteiger partial charge in [0.05, 0.1) is 5.52 Å². The van der Waals surface area contributed by atoms with Crippen LogP contribution in [0.5, 0.6) is 0 Å². The highest BCUT2D eigenvalue weighted by molar-refractivity contribution is 5.88. The van der Waals surface area contributed by atoms with E-state index in [2.05, 4.69) is 21.4 Å². The van der Waals surface area contributed by atoms with Crippen LogP contribution < -0.4 is 5.32 Å². The summed E-state index contributed by atoms with van der Waals surface area (Å²) in [7, 11) is 0. The molecule has 0 spiro atoms. The van der Waals surface area contributed by atoms with Crippen LogP contribution in [0.1, 0.15) is 25.7 Å². The fourth-order valence-corrected chi connectivity index (χ4v) is 2.32. The second kappa shape index (κ2) is 4.70. The molecule has 0 unspecified atom stereocenters. The van der Waals surface area contributed by atoms with Crippen molar-refractivity contribution in [3.8, 4) is 0 Å². The van der Waals surface area contributed by atoms with E-state index in [1.165, 1.54) is 25.7 Å². The smallest absolute Gasteiger partial charge is 0.137 e. The highest BCUT2D eigenvalue weighted by Gasteiger charge is 2.16. The number of nitrogens with one attached hydrogen (secondary N) is 1. The van der Waals surface area contributed by atoms with E-state index in [0.717, 1.165) is 29.2 Å². The van der Waals surface area contributed by atoms with Gasteiger partial charge in [-0.25, -0.2) is 9.97 Å². The Balaban J connectivity index is 1.71. The molecule has 0 radical (unpaired) electrons. The van der Waals surface area contributed by atoms with E-state index in [1.807, 2.05) is 18.2 Å². The summed E-state index contributed by atoms with van der Waals surface area (Å²) < 4.78 is 0. The molecule has 3 heteroatoms. The van der Waals surface area contributed by atoms with Gasteiger partial charge in [-0.1, -0.05) is 31.4 Å². The van der Waals surface area contributed by atoms with Crippen LogP contribution in [-0.4, -0.2) is 16.5 Å². The van der Waals surface area contributed by atoms with Crippen molar-refractivity contribution < 1.29 is 0 Å². The number of anilines is 1. The zero-order chi connectivity index (χ0) is 11.5. The van der Waals surface area contributed by atoms with Crippen molar-refractivity contribution >= 4 is 16.7 Å². The first-order valence-electron chi connectivity index (χ1n) is 6.37. The van der Waals surface area contributed by atoms with Gasteiger partial charge in [0.15, 0.2) is 0 Å². The van der Waals surface area contributed by atoms with Crippen molar-refractivity contribution in [2.45, 2.75) is 25.7 Å². The molecule has 2 aromatic rings. The maximum absolute atomic E-state index is 4.33. The Morgan fingerprint density at radius 3 is 2.88 bits per heavy atom. The number of benzene rings is 1. The van der Waals surface area contributed by atoms with Crippen molar-refractivity contribution in [3.63, 3.8) is 0 Å². The van der Waals surface area contributed by atoms with Gasteiger partial charge in [0.25, 0.3) is 0 Å². The SMILES string of the molecule is c1ccc2c(NCCC3CCC3)ncnc2c1. The summed E-state index contributed by atoms with van der Waals surface area (Å²) >= 11 is 0. The van der Waals surface area contributed by atoms with Crippen molar-refractivity contribution in [2.75, 3.05) is 11.9 Å². The molecule has 0 atom stereocenters. The van der Waals surface area contributed by atoms with E-state index < -0.39 is 0 Å². The summed E-state index contributed by atoms with van der Waals surface area (Å²) in [6, 6.07) is 8.13. The van der Waals surface area contributed by atoms with Crippen LogP contribution in [0.4, 0.5) is 5.82 Å². The standard InChI is InChI=1S/C14H17N3/c1-2-7-13-12(6-1)14(17-10-16-13)15-9-8-11-4-3-5-11/h1-2,6-7,10-11H,3-5,8-9H2,(H,15,16,17). The van der Waals surface area contributed by atoms with E-state index in [0.29, 0.717) is 0 Å². The second-order valence-electron chi connectivity index (χ2n) is 4.75. The van der Waals surface area contributed by atoms with Crippen molar-refractivity contribution in [3.05, 3.63) is 30.6 Å². The molecule has 1 heterocycles. The third kappa shape index (κ3) is 2.23. The quantitative estimate of drug-likeness (QED) is 0.871. The Kier molecular flexibility index (Phi) is 2.90. The van der Waals surface area contributed by atoms with Gasteiger partial charge in [0.1, 0.15) is 12.1 Å². The first-order chi connectivity index (χ1) is 8.43. The highest BCUT2D eigenvalue weighted by Crippen LogP contribution is 2.29. The van der Waals surface area contributed by atoms with E-state index in [1.54, 1.807) is 6.33 Å². The minimum Gasteiger partial charge on any atom is -0.369 e. The number of nitrogens with zero attached hydrogens (tertiary/aromatic N) is 2. The lowest BCUT2D eigenvalue weighted by molar-refractivity contribution is 0.303. The molecule has 1 aliphatic carbocycles. The largest absolute Gasteiger partial charge is 0.369 e. The fourth-order valence-electron chi connectivity index (χ4n) is 2.32. The Morgan fingerprint density at radius 2 is 2.06 bits per heavy atom. The number of hydrogen-bond donors (Lipinski definition) is 1. The van der Waals surface area contributed by atoms with Crippen LogP contribution in [0.25, 0.3) is 10.9 Å². The Hall–Kier alpha value is -1.64. The normalized spacial score (nSPS) is 15.8. The number of hydrogen-bond acceptors (Lipinski definition) is 3. The second-order valence-corrected chi connectivity index (χ2v) is 4.75. The third-order valence-electron chi connectivity index (χ3n) is 3.61. The minimum atomic E-state index is 0.940. The predicted octanol–water partition coefficient (Wildman–Crippen LogP) is 3.23. The predicted molar refractivity (Wildman–Crippen MR) is 70.0 cm³/mol. The summed E-state index contributed by atoms with van der Waals surface area (Å²) in [6.07, 6.45) is 7.13. The maximum Gasteiger partial charge on any atom is 0.137 e. The molecule has 0 aliphatic heterocycles. The summed E-state index contributed by atoms with van der Waals surface area (Å²) in [6.45, 7) is 1.02. The highest BCUT2D eigenvalue weighted by atomic mass is 15.0. The van der Waals surface area contributed by atoms with Gasteiger partial charge < -0.3 is 5.32 Å². The van der Waals surface area contributed by atoms with E-state index in [4.69, 9.17) is 0 Å². The van der Waals surface area contributed by atoms with Gasteiger partial charge >= 0.3 is 0 Å². The monoisotopic (exact) mass is 227 g/mol. The molecule has 3 rings (SSSR count). The molecule has 17 heavy (non-hydrogen) atoms. The Labute approximate surface area is 101 Å². The van der Waals surface area contributed by atoms with Gasteiger partial charge in [-0.2, -0.15) is 0 Å². The zero-order valence-electron chi connectivity index (χ0n) is 9.89. The molecule has 1 N–H and O–H groups in total. The molecule has 3 nitrogen and oxygen atoms in total. The number of rotatable bonds is 4. The lowest BCUT2D eigenvalue weighted by Crippen LogP contribution is -2.16. The Bertz CT molecular complexity index is 500. The van der Waals surface area contributed by atoms with Gasteiger partial charge in [-0.15, -0.1) is 0 Å². The van der Waals surface area contributed by atoms with Gasteiger partial charge in [0, 0.05) is 11.9 Å². The first kappa shape index (κ1) is 10.5. The van der Waals surface area contributed by atoms with E-state index >= 15 is 0 Å². The summed E-state index contributed by atoms with van der Waals surface area (Å²) in [5.74, 6) is 1.91. The van der Waals surface area contributed by atoms with E-state index in [9.17, 15) is 0 Å². The molecule has 1 aliphatic rings. The number of fused-ring (bicyclic) bond motifs is 1. The number of aromatic nitrogens is 2. The van der Waals surface area contributed by atoms with Crippen LogP contribution in [-0.2, 0) is 0 Å². The van der Waals surface area contributed by atoms with Crippen molar-refractivity contribution in [1.29, 1.82) is 0 Å². The number of para-hydroxylation sites is 1. The topological polar surface area (TPSA) is 37.8 Å². The Morgan fingerprint density at radius 1 is 1.18 bits per heavy atom. The van der Waals surface area contributed by atoms with Crippen LogP contribution in [0.3, 0.4) is 0 Å². The van der Waals surface area contributed by atoms with Gasteiger partial charge in [0.2, 0.25) is 0 Å². The first-order valence-corrected chi connectivity index (χ1v) is 6.37. The lowest BCUT2D eigenvalue weighted by atomic mass is 9.83. The van der Waals surface area contributed by atoms with Crippen LogP contribution in [0.15, 0.2) is 30.6 Å². The van der Waals surface area contributed by atoms with E-state index in [-0.39, 0.29) is 0 Å². The maximum atomic E-state index is 4.33. The molecule has 0 bridgehead atoms. The lowest BCUT2D eigenvalue weighted by Gasteiger charge is -2.25. The van der Waals surface area contributed by atoms with Crippen LogP contribution >= 0.6 is 0 Å². The molecule has 1 aromatic carbocycles. The summed E-state index contributed by atoms with van der Waals surface area (Å²) in [5.41, 5.74) is 1.01. The van der Waals surface area contributed by atoms with Crippen molar-refractivity contribution in [1.82, 2.24) is 9.97 Å². The minimum absolute atomic E-state index is 0.940. The molecule has 1 saturated carbocycles. The molecule has 0 amide bonds. The molecule has 1 aromatic heterocycles. The average molecular weight is 227 g/mol. The summed E-state index contributed by atoms with van der Waals surface area (Å²) in [4.78, 5) is 8.59. The zero-order valence-corrected chi connectivity index (χ0v) is 9.89. The van der Waals surface area contributed by atoms with Gasteiger partial charge in [-0.3, -0.25) is 0 Å². The average Bonchev–Trinajstić information content (AvgIpc) is 2.32. The summed E-state index contributed by atoms with van der Waals surface area (Å²) in [5, 5.41) is 4.55. The molecule has 88 valence electrons. The van der Waals surface area contributed by atoms with Gasteiger partial charge in [-0.05, 0) is 24.5 Å². The molecular weight excluding hydrogens is 210 g/mol. The molecule has 0 saturated heterocycles. The van der Waals surface area contributed by atoms with Crippen LogP contribution in [0.2, 0.25) is 0 Å². The third-order valence-corrected chi connectivity index (χ3v) is 3.61.